The predicted octanol–water partition coefficient (Wildman–Crippen LogP) is 1.74. The SMILES string of the molecule is CCOC(=O)C(CC(C)C)NC(=O)C(C)C. The predicted molar refractivity (Wildman–Crippen MR) is 62.9 cm³/mol. The van der Waals surface area contributed by atoms with Gasteiger partial charge >= 0.3 is 5.97 Å². The second-order valence-electron chi connectivity index (χ2n) is 4.60. The third-order valence-electron chi connectivity index (χ3n) is 2.12. The zero-order chi connectivity index (χ0) is 12.7. The van der Waals surface area contributed by atoms with Crippen LogP contribution >= 0.6 is 0 Å². The van der Waals surface area contributed by atoms with Gasteiger partial charge in [-0.3, -0.25) is 4.79 Å². The van der Waals surface area contributed by atoms with E-state index in [-0.39, 0.29) is 17.8 Å². The van der Waals surface area contributed by atoms with Crippen LogP contribution in [-0.4, -0.2) is 24.5 Å². The Morgan fingerprint density at radius 2 is 1.75 bits per heavy atom. The Hall–Kier alpha value is -1.06. The van der Waals surface area contributed by atoms with E-state index in [0.29, 0.717) is 18.9 Å². The van der Waals surface area contributed by atoms with E-state index in [1.54, 1.807) is 20.8 Å². The highest BCUT2D eigenvalue weighted by atomic mass is 16.5. The monoisotopic (exact) mass is 229 g/mol. The summed E-state index contributed by atoms with van der Waals surface area (Å²) in [5, 5.41) is 2.72. The van der Waals surface area contributed by atoms with Crippen molar-refractivity contribution < 1.29 is 14.3 Å². The fraction of sp³-hybridized carbons (Fsp3) is 0.833. The van der Waals surface area contributed by atoms with E-state index in [9.17, 15) is 9.59 Å². The molecule has 0 aliphatic heterocycles. The molecule has 4 heteroatoms. The van der Waals surface area contributed by atoms with Gasteiger partial charge < -0.3 is 10.1 Å². The first-order valence-electron chi connectivity index (χ1n) is 5.85. The summed E-state index contributed by atoms with van der Waals surface area (Å²) in [6.07, 6.45) is 0.608. The molecule has 0 saturated carbocycles. The minimum atomic E-state index is -0.519. The Labute approximate surface area is 97.7 Å². The van der Waals surface area contributed by atoms with E-state index < -0.39 is 6.04 Å². The normalized spacial score (nSPS) is 12.7. The molecule has 0 heterocycles. The molecular weight excluding hydrogens is 206 g/mol. The third-order valence-corrected chi connectivity index (χ3v) is 2.12. The summed E-state index contributed by atoms with van der Waals surface area (Å²) in [5.74, 6) is -0.241. The fourth-order valence-electron chi connectivity index (χ4n) is 1.27. The first-order chi connectivity index (χ1) is 7.38. The van der Waals surface area contributed by atoms with Gasteiger partial charge in [0.05, 0.1) is 6.61 Å². The molecule has 0 bridgehead atoms. The molecule has 1 atom stereocenters. The van der Waals surface area contributed by atoms with E-state index in [2.05, 4.69) is 5.32 Å². The van der Waals surface area contributed by atoms with Gasteiger partial charge in [0.25, 0.3) is 0 Å². The summed E-state index contributed by atoms with van der Waals surface area (Å²) in [5.41, 5.74) is 0. The average molecular weight is 229 g/mol. The molecule has 0 spiro atoms. The van der Waals surface area contributed by atoms with Crippen molar-refractivity contribution in [1.82, 2.24) is 5.32 Å². The molecule has 0 aromatic rings. The minimum Gasteiger partial charge on any atom is -0.464 e. The van der Waals surface area contributed by atoms with Crippen molar-refractivity contribution in [2.24, 2.45) is 11.8 Å². The zero-order valence-electron chi connectivity index (χ0n) is 10.9. The number of carbonyl (C=O) groups is 2. The molecule has 0 rings (SSSR count). The number of hydrogen-bond acceptors (Lipinski definition) is 3. The van der Waals surface area contributed by atoms with Gasteiger partial charge in [-0.25, -0.2) is 4.79 Å². The second-order valence-corrected chi connectivity index (χ2v) is 4.60. The van der Waals surface area contributed by atoms with Gasteiger partial charge in [0.15, 0.2) is 0 Å². The summed E-state index contributed by atoms with van der Waals surface area (Å²) < 4.78 is 4.93. The summed E-state index contributed by atoms with van der Waals surface area (Å²) in [4.78, 5) is 23.1. The van der Waals surface area contributed by atoms with Gasteiger partial charge in [0, 0.05) is 5.92 Å². The highest BCUT2D eigenvalue weighted by molar-refractivity contribution is 5.85. The largest absolute Gasteiger partial charge is 0.464 e. The number of hydrogen-bond donors (Lipinski definition) is 1. The third kappa shape index (κ3) is 5.73. The van der Waals surface area contributed by atoms with Crippen LogP contribution in [0.25, 0.3) is 0 Å². The van der Waals surface area contributed by atoms with E-state index in [1.165, 1.54) is 0 Å². The van der Waals surface area contributed by atoms with Crippen LogP contribution in [0, 0.1) is 11.8 Å². The van der Waals surface area contributed by atoms with Gasteiger partial charge in [0.2, 0.25) is 5.91 Å². The quantitative estimate of drug-likeness (QED) is 0.706. The first-order valence-corrected chi connectivity index (χ1v) is 5.85. The highest BCUT2D eigenvalue weighted by Gasteiger charge is 2.23. The van der Waals surface area contributed by atoms with Crippen molar-refractivity contribution in [1.29, 1.82) is 0 Å². The summed E-state index contributed by atoms with van der Waals surface area (Å²) in [7, 11) is 0. The van der Waals surface area contributed by atoms with Crippen molar-refractivity contribution in [3.05, 3.63) is 0 Å². The van der Waals surface area contributed by atoms with Gasteiger partial charge in [-0.1, -0.05) is 27.7 Å². The summed E-state index contributed by atoms with van der Waals surface area (Å²) in [6, 6.07) is -0.519. The molecular formula is C12H23NO3. The van der Waals surface area contributed by atoms with Gasteiger partial charge in [-0.05, 0) is 19.3 Å². The molecule has 0 aromatic heterocycles. The molecule has 1 N–H and O–H groups in total. The number of amides is 1. The number of carbonyl (C=O) groups excluding carboxylic acids is 2. The van der Waals surface area contributed by atoms with Crippen molar-refractivity contribution in [3.8, 4) is 0 Å². The van der Waals surface area contributed by atoms with Crippen molar-refractivity contribution in [3.63, 3.8) is 0 Å². The molecule has 0 aliphatic rings. The smallest absolute Gasteiger partial charge is 0.328 e. The fourth-order valence-corrected chi connectivity index (χ4v) is 1.27. The highest BCUT2D eigenvalue weighted by Crippen LogP contribution is 2.07. The van der Waals surface area contributed by atoms with Crippen LogP contribution in [0.1, 0.15) is 41.0 Å². The lowest BCUT2D eigenvalue weighted by Gasteiger charge is -2.20. The number of esters is 1. The van der Waals surface area contributed by atoms with Crippen LogP contribution < -0.4 is 5.32 Å². The Balaban J connectivity index is 4.42. The molecule has 0 radical (unpaired) electrons. The Morgan fingerprint density at radius 3 is 2.12 bits per heavy atom. The molecule has 0 aromatic carbocycles. The molecule has 0 aliphatic carbocycles. The minimum absolute atomic E-state index is 0.112. The summed E-state index contributed by atoms with van der Waals surface area (Å²) >= 11 is 0. The maximum atomic E-state index is 11.6. The lowest BCUT2D eigenvalue weighted by molar-refractivity contribution is -0.148. The van der Waals surface area contributed by atoms with Gasteiger partial charge in [-0.2, -0.15) is 0 Å². The topological polar surface area (TPSA) is 55.4 Å². The molecule has 16 heavy (non-hydrogen) atoms. The van der Waals surface area contributed by atoms with Crippen LogP contribution in [0.15, 0.2) is 0 Å². The molecule has 1 amide bonds. The Bertz CT molecular complexity index is 236. The number of nitrogens with one attached hydrogen (secondary N) is 1. The van der Waals surface area contributed by atoms with E-state index in [4.69, 9.17) is 4.74 Å². The van der Waals surface area contributed by atoms with E-state index >= 15 is 0 Å². The van der Waals surface area contributed by atoms with Crippen LogP contribution in [0.4, 0.5) is 0 Å². The zero-order valence-corrected chi connectivity index (χ0v) is 10.9. The van der Waals surface area contributed by atoms with E-state index in [1.807, 2.05) is 13.8 Å². The molecule has 0 saturated heterocycles. The number of rotatable bonds is 6. The van der Waals surface area contributed by atoms with Crippen LogP contribution in [0.3, 0.4) is 0 Å². The first kappa shape index (κ1) is 14.9. The van der Waals surface area contributed by atoms with Crippen molar-refractivity contribution in [2.45, 2.75) is 47.1 Å². The molecule has 0 fully saturated rings. The van der Waals surface area contributed by atoms with Crippen LogP contribution in [0.5, 0.6) is 0 Å². The molecule has 4 nitrogen and oxygen atoms in total. The summed E-state index contributed by atoms with van der Waals surface area (Å²) in [6.45, 7) is 9.71. The standard InChI is InChI=1S/C12H23NO3/c1-6-16-12(15)10(7-8(2)3)13-11(14)9(4)5/h8-10H,6-7H2,1-5H3,(H,13,14). The van der Waals surface area contributed by atoms with E-state index in [0.717, 1.165) is 0 Å². The van der Waals surface area contributed by atoms with Crippen LogP contribution in [0.2, 0.25) is 0 Å². The Morgan fingerprint density at radius 1 is 1.19 bits per heavy atom. The molecule has 1 unspecified atom stereocenters. The lowest BCUT2D eigenvalue weighted by Crippen LogP contribution is -2.44. The van der Waals surface area contributed by atoms with Crippen molar-refractivity contribution >= 4 is 11.9 Å². The van der Waals surface area contributed by atoms with Crippen LogP contribution in [-0.2, 0) is 14.3 Å². The molecule has 94 valence electrons. The Kier molecular flexibility index (Phi) is 6.77. The maximum Gasteiger partial charge on any atom is 0.328 e. The van der Waals surface area contributed by atoms with Gasteiger partial charge in [-0.15, -0.1) is 0 Å². The second kappa shape index (κ2) is 7.25. The maximum absolute atomic E-state index is 11.6. The lowest BCUT2D eigenvalue weighted by atomic mass is 10.0. The van der Waals surface area contributed by atoms with Crippen molar-refractivity contribution in [2.75, 3.05) is 6.61 Å². The average Bonchev–Trinajstić information content (AvgIpc) is 2.16. The van der Waals surface area contributed by atoms with Gasteiger partial charge in [0.1, 0.15) is 6.04 Å². The number of ether oxygens (including phenoxy) is 1.